The number of hydrogen-bond acceptors (Lipinski definition) is 5. The summed E-state index contributed by atoms with van der Waals surface area (Å²) in [6.07, 6.45) is 3.39. The van der Waals surface area contributed by atoms with Crippen LogP contribution in [0, 0.1) is 6.92 Å². The number of aliphatic carboxylic acids is 1. The van der Waals surface area contributed by atoms with E-state index in [4.69, 9.17) is 4.74 Å². The third-order valence-electron chi connectivity index (χ3n) is 5.27. The smallest absolute Gasteiger partial charge is 0.305 e. The average Bonchev–Trinajstić information content (AvgIpc) is 3.03. The van der Waals surface area contributed by atoms with Gasteiger partial charge in [0.25, 0.3) is 5.91 Å². The Morgan fingerprint density at radius 1 is 1.41 bits per heavy atom. The fourth-order valence-corrected chi connectivity index (χ4v) is 3.53. The van der Waals surface area contributed by atoms with Gasteiger partial charge in [-0.15, -0.1) is 0 Å². The SMILES string of the molecule is CCC(C)n1ncc2c(C(=O)NC3(CC(=O)O)CCOCC3)cc(C)nc21. The number of carboxylic acids is 1. The number of hydrogen-bond donors (Lipinski definition) is 2. The van der Waals surface area contributed by atoms with Gasteiger partial charge in [-0.25, -0.2) is 9.67 Å². The molecule has 0 aliphatic carbocycles. The van der Waals surface area contributed by atoms with Crippen LogP contribution in [-0.4, -0.2) is 50.5 Å². The fourth-order valence-electron chi connectivity index (χ4n) is 3.53. The van der Waals surface area contributed by atoms with E-state index < -0.39 is 11.5 Å². The van der Waals surface area contributed by atoms with Crippen molar-refractivity contribution in [2.45, 2.75) is 58.0 Å². The zero-order chi connectivity index (χ0) is 19.6. The zero-order valence-electron chi connectivity index (χ0n) is 16.0. The van der Waals surface area contributed by atoms with E-state index in [2.05, 4.69) is 29.2 Å². The van der Waals surface area contributed by atoms with Crippen LogP contribution in [0.25, 0.3) is 11.0 Å². The Labute approximate surface area is 157 Å². The van der Waals surface area contributed by atoms with Crippen molar-refractivity contribution in [3.8, 4) is 0 Å². The number of rotatable bonds is 6. The van der Waals surface area contributed by atoms with Crippen LogP contribution in [0.2, 0.25) is 0 Å². The third kappa shape index (κ3) is 3.95. The minimum Gasteiger partial charge on any atom is -0.481 e. The van der Waals surface area contributed by atoms with Gasteiger partial charge in [0, 0.05) is 18.9 Å². The van der Waals surface area contributed by atoms with Crippen LogP contribution < -0.4 is 5.32 Å². The van der Waals surface area contributed by atoms with Gasteiger partial charge < -0.3 is 15.2 Å². The molecular formula is C19H26N4O4. The van der Waals surface area contributed by atoms with Gasteiger partial charge in [-0.05, 0) is 39.2 Å². The predicted molar refractivity (Wildman–Crippen MR) is 99.8 cm³/mol. The molecule has 0 bridgehead atoms. The zero-order valence-corrected chi connectivity index (χ0v) is 16.0. The van der Waals surface area contributed by atoms with Crippen molar-refractivity contribution in [2.24, 2.45) is 0 Å². The Bertz CT molecular complexity index is 855. The number of carboxylic acid groups (broad SMARTS) is 1. The van der Waals surface area contributed by atoms with E-state index in [1.54, 1.807) is 12.3 Å². The lowest BCUT2D eigenvalue weighted by molar-refractivity contribution is -0.139. The molecule has 146 valence electrons. The highest BCUT2D eigenvalue weighted by atomic mass is 16.5. The van der Waals surface area contributed by atoms with Gasteiger partial charge in [-0.2, -0.15) is 5.10 Å². The lowest BCUT2D eigenvalue weighted by Crippen LogP contribution is -2.53. The van der Waals surface area contributed by atoms with E-state index in [-0.39, 0.29) is 18.4 Å². The van der Waals surface area contributed by atoms with Crippen LogP contribution in [0.15, 0.2) is 12.3 Å². The van der Waals surface area contributed by atoms with Gasteiger partial charge in [0.2, 0.25) is 0 Å². The maximum atomic E-state index is 13.1. The van der Waals surface area contributed by atoms with Crippen molar-refractivity contribution < 1.29 is 19.4 Å². The first-order valence-electron chi connectivity index (χ1n) is 9.32. The highest BCUT2D eigenvalue weighted by molar-refractivity contribution is 6.06. The molecule has 1 aliphatic heterocycles. The molecular weight excluding hydrogens is 348 g/mol. The molecule has 0 spiro atoms. The van der Waals surface area contributed by atoms with Gasteiger partial charge >= 0.3 is 5.97 Å². The van der Waals surface area contributed by atoms with E-state index in [1.807, 2.05) is 11.6 Å². The van der Waals surface area contributed by atoms with Crippen LogP contribution >= 0.6 is 0 Å². The van der Waals surface area contributed by atoms with Crippen molar-refractivity contribution in [2.75, 3.05) is 13.2 Å². The summed E-state index contributed by atoms with van der Waals surface area (Å²) >= 11 is 0. The molecule has 27 heavy (non-hydrogen) atoms. The number of pyridine rings is 1. The molecule has 1 aliphatic rings. The molecule has 1 unspecified atom stereocenters. The molecule has 1 amide bonds. The maximum absolute atomic E-state index is 13.1. The van der Waals surface area contributed by atoms with Gasteiger partial charge in [-0.3, -0.25) is 9.59 Å². The van der Waals surface area contributed by atoms with Crippen molar-refractivity contribution in [1.82, 2.24) is 20.1 Å². The molecule has 2 N–H and O–H groups in total. The minimum absolute atomic E-state index is 0.124. The number of carbonyl (C=O) groups excluding carboxylic acids is 1. The monoisotopic (exact) mass is 374 g/mol. The molecule has 3 heterocycles. The molecule has 1 fully saturated rings. The molecule has 0 saturated carbocycles. The van der Waals surface area contributed by atoms with E-state index in [0.717, 1.165) is 12.1 Å². The van der Waals surface area contributed by atoms with Crippen LogP contribution in [0.5, 0.6) is 0 Å². The summed E-state index contributed by atoms with van der Waals surface area (Å²) in [5, 5.41) is 17.4. The van der Waals surface area contributed by atoms with E-state index in [1.165, 1.54) is 0 Å². The number of fused-ring (bicyclic) bond motifs is 1. The molecule has 1 saturated heterocycles. The molecule has 2 aromatic heterocycles. The summed E-state index contributed by atoms with van der Waals surface area (Å²) in [6.45, 7) is 6.84. The highest BCUT2D eigenvalue weighted by Crippen LogP contribution is 2.27. The second-order valence-corrected chi connectivity index (χ2v) is 7.31. The topological polar surface area (TPSA) is 106 Å². The Morgan fingerprint density at radius 2 is 2.11 bits per heavy atom. The number of amides is 1. The van der Waals surface area contributed by atoms with Crippen LogP contribution in [0.4, 0.5) is 0 Å². The first kappa shape index (κ1) is 19.3. The summed E-state index contributed by atoms with van der Waals surface area (Å²) in [6, 6.07) is 1.90. The Balaban J connectivity index is 1.97. The molecule has 8 heteroatoms. The van der Waals surface area contributed by atoms with E-state index in [0.29, 0.717) is 42.7 Å². The number of nitrogens with one attached hydrogen (secondary N) is 1. The van der Waals surface area contributed by atoms with Crippen molar-refractivity contribution in [3.05, 3.63) is 23.5 Å². The second-order valence-electron chi connectivity index (χ2n) is 7.31. The average molecular weight is 374 g/mol. The van der Waals surface area contributed by atoms with Gasteiger partial charge in [-0.1, -0.05) is 6.92 Å². The van der Waals surface area contributed by atoms with Crippen molar-refractivity contribution in [3.63, 3.8) is 0 Å². The maximum Gasteiger partial charge on any atom is 0.305 e. The Kier molecular flexibility index (Phi) is 5.46. The van der Waals surface area contributed by atoms with Gasteiger partial charge in [0.1, 0.15) is 0 Å². The molecule has 0 radical (unpaired) electrons. The van der Waals surface area contributed by atoms with Crippen LogP contribution in [0.3, 0.4) is 0 Å². The number of nitrogens with zero attached hydrogens (tertiary/aromatic N) is 3. The van der Waals surface area contributed by atoms with Crippen LogP contribution in [0.1, 0.15) is 61.6 Å². The summed E-state index contributed by atoms with van der Waals surface area (Å²) < 4.78 is 7.19. The van der Waals surface area contributed by atoms with Crippen LogP contribution in [-0.2, 0) is 9.53 Å². The predicted octanol–water partition coefficient (Wildman–Crippen LogP) is 2.46. The molecule has 8 nitrogen and oxygen atoms in total. The van der Waals surface area contributed by atoms with Crippen molar-refractivity contribution in [1.29, 1.82) is 0 Å². The largest absolute Gasteiger partial charge is 0.481 e. The lowest BCUT2D eigenvalue weighted by Gasteiger charge is -2.36. The summed E-state index contributed by atoms with van der Waals surface area (Å²) in [4.78, 5) is 29.0. The third-order valence-corrected chi connectivity index (χ3v) is 5.27. The van der Waals surface area contributed by atoms with E-state index in [9.17, 15) is 14.7 Å². The van der Waals surface area contributed by atoms with Crippen molar-refractivity contribution >= 4 is 22.9 Å². The normalized spacial score (nSPS) is 17.6. The Hall–Kier alpha value is -2.48. The number of carbonyl (C=O) groups is 2. The summed E-state index contributed by atoms with van der Waals surface area (Å²) in [5.74, 6) is -1.23. The lowest BCUT2D eigenvalue weighted by atomic mass is 9.86. The second kappa shape index (κ2) is 7.64. The number of ether oxygens (including phenoxy) is 1. The Morgan fingerprint density at radius 3 is 2.74 bits per heavy atom. The quantitative estimate of drug-likeness (QED) is 0.804. The summed E-state index contributed by atoms with van der Waals surface area (Å²) in [7, 11) is 0. The minimum atomic E-state index is -0.933. The molecule has 1 atom stereocenters. The molecule has 2 aromatic rings. The fraction of sp³-hybridized carbons (Fsp3) is 0.579. The first-order chi connectivity index (χ1) is 12.8. The molecule has 0 aromatic carbocycles. The summed E-state index contributed by atoms with van der Waals surface area (Å²) in [5.41, 5.74) is 1.08. The number of aromatic nitrogens is 3. The van der Waals surface area contributed by atoms with Gasteiger partial charge in [0.15, 0.2) is 5.65 Å². The van der Waals surface area contributed by atoms with E-state index >= 15 is 0 Å². The first-order valence-corrected chi connectivity index (χ1v) is 9.32. The number of aryl methyl sites for hydroxylation is 1. The highest BCUT2D eigenvalue weighted by Gasteiger charge is 2.37. The van der Waals surface area contributed by atoms with Gasteiger partial charge in [0.05, 0.1) is 35.1 Å². The molecule has 3 rings (SSSR count). The standard InChI is InChI=1S/C19H26N4O4/c1-4-13(3)23-17-15(11-20-23)14(9-12(2)21-17)18(26)22-19(10-16(24)25)5-7-27-8-6-19/h9,11,13H,4-8,10H2,1-3H3,(H,22,26)(H,24,25).